The molecule has 2 saturated heterocycles. The van der Waals surface area contributed by atoms with Gasteiger partial charge in [-0.05, 0) is 31.5 Å². The molecule has 2 aliphatic heterocycles. The van der Waals surface area contributed by atoms with Gasteiger partial charge in [-0.1, -0.05) is 0 Å². The summed E-state index contributed by atoms with van der Waals surface area (Å²) in [6, 6.07) is 4.56. The van der Waals surface area contributed by atoms with Crippen LogP contribution in [0.25, 0.3) is 0 Å². The third kappa shape index (κ3) is 1.99. The first kappa shape index (κ1) is 11.6. The molecule has 0 saturated carbocycles. The summed E-state index contributed by atoms with van der Waals surface area (Å²) in [7, 11) is 1.61. The Morgan fingerprint density at radius 3 is 3.06 bits per heavy atom. The Morgan fingerprint density at radius 2 is 2.22 bits per heavy atom. The number of nitrogens with two attached hydrogens (primary N) is 1. The average molecular weight is 248 g/mol. The minimum Gasteiger partial charge on any atom is -0.479 e. The van der Waals surface area contributed by atoms with Crippen molar-refractivity contribution in [3.8, 4) is 5.88 Å². The predicted octanol–water partition coefficient (Wildman–Crippen LogP) is 0.957. The summed E-state index contributed by atoms with van der Waals surface area (Å²) in [4.78, 5) is 9.42. The van der Waals surface area contributed by atoms with E-state index >= 15 is 0 Å². The number of anilines is 2. The van der Waals surface area contributed by atoms with Crippen LogP contribution in [0, 0.1) is 0 Å². The minimum atomic E-state index is 0.529. The van der Waals surface area contributed by atoms with E-state index in [-0.39, 0.29) is 0 Å². The number of nitrogen functional groups attached to an aromatic ring is 1. The average Bonchev–Trinajstić information content (AvgIpc) is 2.86. The largest absolute Gasteiger partial charge is 0.479 e. The van der Waals surface area contributed by atoms with Crippen molar-refractivity contribution < 1.29 is 4.74 Å². The first-order chi connectivity index (χ1) is 8.78. The zero-order valence-corrected chi connectivity index (χ0v) is 10.8. The lowest BCUT2D eigenvalue weighted by molar-refractivity contribution is 0.230. The van der Waals surface area contributed by atoms with Crippen LogP contribution in [-0.4, -0.2) is 49.2 Å². The second-order valence-electron chi connectivity index (χ2n) is 5.05. The molecule has 1 aromatic rings. The first-order valence-electron chi connectivity index (χ1n) is 6.57. The SMILES string of the molecule is COc1nc(N2CCN3CCCC3C2)ccc1N. The van der Waals surface area contributed by atoms with Crippen molar-refractivity contribution in [2.45, 2.75) is 18.9 Å². The molecule has 98 valence electrons. The van der Waals surface area contributed by atoms with Gasteiger partial charge in [-0.2, -0.15) is 4.98 Å². The van der Waals surface area contributed by atoms with E-state index in [2.05, 4.69) is 14.8 Å². The fourth-order valence-corrected chi connectivity index (χ4v) is 2.98. The van der Waals surface area contributed by atoms with Gasteiger partial charge in [0, 0.05) is 25.7 Å². The Balaban J connectivity index is 1.78. The second kappa shape index (κ2) is 4.65. The van der Waals surface area contributed by atoms with Crippen LogP contribution in [-0.2, 0) is 0 Å². The molecule has 18 heavy (non-hydrogen) atoms. The molecule has 1 atom stereocenters. The molecule has 5 heteroatoms. The van der Waals surface area contributed by atoms with E-state index in [0.717, 1.165) is 25.5 Å². The zero-order valence-electron chi connectivity index (χ0n) is 10.8. The third-order valence-electron chi connectivity index (χ3n) is 3.98. The van der Waals surface area contributed by atoms with Gasteiger partial charge in [0.05, 0.1) is 12.8 Å². The normalized spacial score (nSPS) is 24.1. The summed E-state index contributed by atoms with van der Waals surface area (Å²) in [6.45, 7) is 4.51. The number of ether oxygens (including phenoxy) is 1. The highest BCUT2D eigenvalue weighted by molar-refractivity contribution is 5.54. The van der Waals surface area contributed by atoms with E-state index in [1.54, 1.807) is 7.11 Å². The summed E-state index contributed by atoms with van der Waals surface area (Å²) >= 11 is 0. The Hall–Kier alpha value is -1.49. The van der Waals surface area contributed by atoms with Gasteiger partial charge in [-0.15, -0.1) is 0 Å². The predicted molar refractivity (Wildman–Crippen MR) is 72.0 cm³/mol. The molecule has 0 radical (unpaired) electrons. The highest BCUT2D eigenvalue weighted by Gasteiger charge is 2.31. The van der Waals surface area contributed by atoms with Crippen molar-refractivity contribution in [2.75, 3.05) is 43.9 Å². The topological polar surface area (TPSA) is 54.6 Å². The lowest BCUT2D eigenvalue weighted by Gasteiger charge is -2.38. The molecule has 5 nitrogen and oxygen atoms in total. The van der Waals surface area contributed by atoms with Crippen molar-refractivity contribution in [1.29, 1.82) is 0 Å². The van der Waals surface area contributed by atoms with Gasteiger partial charge in [-0.3, -0.25) is 4.90 Å². The van der Waals surface area contributed by atoms with Crippen LogP contribution in [0.15, 0.2) is 12.1 Å². The molecular formula is C13H20N4O. The minimum absolute atomic E-state index is 0.529. The zero-order chi connectivity index (χ0) is 12.5. The molecular weight excluding hydrogens is 228 g/mol. The van der Waals surface area contributed by atoms with Gasteiger partial charge in [0.1, 0.15) is 5.82 Å². The lowest BCUT2D eigenvalue weighted by Crippen LogP contribution is -2.50. The molecule has 0 amide bonds. The van der Waals surface area contributed by atoms with Gasteiger partial charge in [0.25, 0.3) is 0 Å². The Morgan fingerprint density at radius 1 is 1.33 bits per heavy atom. The van der Waals surface area contributed by atoms with Crippen LogP contribution in [0.5, 0.6) is 5.88 Å². The van der Waals surface area contributed by atoms with Crippen LogP contribution in [0.3, 0.4) is 0 Å². The molecule has 3 heterocycles. The standard InChI is InChI=1S/C13H20N4O/c1-18-13-11(14)4-5-12(15-13)17-8-7-16-6-2-3-10(16)9-17/h4-5,10H,2-3,6-9,14H2,1H3. The molecule has 3 rings (SSSR count). The Bertz CT molecular complexity index is 437. The highest BCUT2D eigenvalue weighted by atomic mass is 16.5. The number of methoxy groups -OCH3 is 1. The smallest absolute Gasteiger partial charge is 0.238 e. The summed E-state index contributed by atoms with van der Waals surface area (Å²) in [6.07, 6.45) is 2.64. The van der Waals surface area contributed by atoms with Crippen molar-refractivity contribution in [3.05, 3.63) is 12.1 Å². The molecule has 0 aliphatic carbocycles. The fourth-order valence-electron chi connectivity index (χ4n) is 2.98. The van der Waals surface area contributed by atoms with E-state index in [0.29, 0.717) is 17.6 Å². The van der Waals surface area contributed by atoms with Crippen molar-refractivity contribution in [1.82, 2.24) is 9.88 Å². The van der Waals surface area contributed by atoms with Crippen molar-refractivity contribution in [2.24, 2.45) is 0 Å². The third-order valence-corrected chi connectivity index (χ3v) is 3.98. The summed E-state index contributed by atoms with van der Waals surface area (Å²) in [5.74, 6) is 1.51. The summed E-state index contributed by atoms with van der Waals surface area (Å²) in [5, 5.41) is 0. The molecule has 0 aromatic carbocycles. The molecule has 2 N–H and O–H groups in total. The molecule has 2 aliphatic rings. The highest BCUT2D eigenvalue weighted by Crippen LogP contribution is 2.27. The van der Waals surface area contributed by atoms with Crippen molar-refractivity contribution >= 4 is 11.5 Å². The molecule has 0 bridgehead atoms. The first-order valence-corrected chi connectivity index (χ1v) is 6.57. The number of fused-ring (bicyclic) bond motifs is 1. The van der Waals surface area contributed by atoms with Crippen LogP contribution in [0.1, 0.15) is 12.8 Å². The number of pyridine rings is 1. The molecule has 0 spiro atoms. The van der Waals surface area contributed by atoms with Gasteiger partial charge >= 0.3 is 0 Å². The van der Waals surface area contributed by atoms with E-state index in [4.69, 9.17) is 10.5 Å². The monoisotopic (exact) mass is 248 g/mol. The number of hydrogen-bond donors (Lipinski definition) is 1. The van der Waals surface area contributed by atoms with E-state index in [1.165, 1.54) is 19.4 Å². The quantitative estimate of drug-likeness (QED) is 0.844. The Labute approximate surface area is 108 Å². The number of piperazine rings is 1. The lowest BCUT2D eigenvalue weighted by atomic mass is 10.1. The summed E-state index contributed by atoms with van der Waals surface area (Å²) in [5.41, 5.74) is 6.40. The fraction of sp³-hybridized carbons (Fsp3) is 0.615. The van der Waals surface area contributed by atoms with Gasteiger partial charge in [0.15, 0.2) is 0 Å². The van der Waals surface area contributed by atoms with Crippen LogP contribution in [0.2, 0.25) is 0 Å². The van der Waals surface area contributed by atoms with Crippen LogP contribution in [0.4, 0.5) is 11.5 Å². The maximum Gasteiger partial charge on any atom is 0.238 e. The van der Waals surface area contributed by atoms with Crippen LogP contribution < -0.4 is 15.4 Å². The van der Waals surface area contributed by atoms with Crippen molar-refractivity contribution in [3.63, 3.8) is 0 Å². The second-order valence-corrected chi connectivity index (χ2v) is 5.05. The molecule has 1 unspecified atom stereocenters. The maximum absolute atomic E-state index is 5.80. The Kier molecular flexibility index (Phi) is 2.99. The van der Waals surface area contributed by atoms with E-state index in [1.807, 2.05) is 12.1 Å². The summed E-state index contributed by atoms with van der Waals surface area (Å²) < 4.78 is 5.19. The molecule has 2 fully saturated rings. The number of hydrogen-bond acceptors (Lipinski definition) is 5. The maximum atomic E-state index is 5.80. The number of rotatable bonds is 2. The van der Waals surface area contributed by atoms with Crippen LogP contribution >= 0.6 is 0 Å². The van der Waals surface area contributed by atoms with Gasteiger partial charge in [-0.25, -0.2) is 0 Å². The van der Waals surface area contributed by atoms with Gasteiger partial charge < -0.3 is 15.4 Å². The number of nitrogens with zero attached hydrogens (tertiary/aromatic N) is 3. The molecule has 1 aromatic heterocycles. The van der Waals surface area contributed by atoms with E-state index < -0.39 is 0 Å². The van der Waals surface area contributed by atoms with E-state index in [9.17, 15) is 0 Å². The number of aromatic nitrogens is 1. The van der Waals surface area contributed by atoms with Gasteiger partial charge in [0.2, 0.25) is 5.88 Å².